The number of carbonyl (C=O) groups excluding carboxylic acids is 2. The molecule has 1 aliphatic heterocycles. The molecule has 2 fully saturated rings. The lowest BCUT2D eigenvalue weighted by Crippen LogP contribution is -2.41. The largest absolute Gasteiger partial charge is 0.474 e. The van der Waals surface area contributed by atoms with Gasteiger partial charge < -0.3 is 15.0 Å². The molecule has 0 bridgehead atoms. The second-order valence-corrected chi connectivity index (χ2v) is 7.68. The van der Waals surface area contributed by atoms with Crippen LogP contribution >= 0.6 is 11.3 Å². The Bertz CT molecular complexity index is 764. The molecule has 26 heavy (non-hydrogen) atoms. The summed E-state index contributed by atoms with van der Waals surface area (Å²) >= 11 is 1.48. The zero-order valence-electron chi connectivity index (χ0n) is 14.4. The highest BCUT2D eigenvalue weighted by Gasteiger charge is 2.29. The normalized spacial score (nSPS) is 17.8. The highest BCUT2D eigenvalue weighted by molar-refractivity contribution is 7.12. The van der Waals surface area contributed by atoms with Crippen molar-refractivity contribution in [3.63, 3.8) is 0 Å². The molecule has 0 unspecified atom stereocenters. The second kappa shape index (κ2) is 7.45. The summed E-state index contributed by atoms with van der Waals surface area (Å²) < 4.78 is 5.93. The van der Waals surface area contributed by atoms with Gasteiger partial charge in [0, 0.05) is 37.9 Å². The number of hydrogen-bond donors (Lipinski definition) is 1. The molecule has 0 atom stereocenters. The number of nitrogens with one attached hydrogen (secondary N) is 1. The van der Waals surface area contributed by atoms with Gasteiger partial charge in [-0.2, -0.15) is 0 Å². The third-order valence-electron chi connectivity index (χ3n) is 4.70. The summed E-state index contributed by atoms with van der Waals surface area (Å²) in [5, 5.41) is 4.79. The van der Waals surface area contributed by atoms with E-state index in [4.69, 9.17) is 4.74 Å². The van der Waals surface area contributed by atoms with E-state index in [1.165, 1.54) is 11.3 Å². The smallest absolute Gasteiger partial charge is 0.263 e. The quantitative estimate of drug-likeness (QED) is 0.876. The van der Waals surface area contributed by atoms with Crippen LogP contribution in [0.25, 0.3) is 0 Å². The number of pyridine rings is 1. The predicted molar refractivity (Wildman–Crippen MR) is 99.5 cm³/mol. The van der Waals surface area contributed by atoms with Gasteiger partial charge in [0.2, 0.25) is 11.8 Å². The molecule has 1 saturated carbocycles. The second-order valence-electron chi connectivity index (χ2n) is 6.74. The maximum Gasteiger partial charge on any atom is 0.263 e. The van der Waals surface area contributed by atoms with Crippen LogP contribution in [0.4, 0.5) is 5.69 Å². The first-order valence-electron chi connectivity index (χ1n) is 8.95. The van der Waals surface area contributed by atoms with Crippen molar-refractivity contribution in [3.05, 3.63) is 40.7 Å². The van der Waals surface area contributed by atoms with Gasteiger partial charge in [0.05, 0.1) is 16.8 Å². The predicted octanol–water partition coefficient (Wildman–Crippen LogP) is 3.18. The van der Waals surface area contributed by atoms with Crippen molar-refractivity contribution in [2.75, 3.05) is 18.4 Å². The van der Waals surface area contributed by atoms with E-state index >= 15 is 0 Å². The zero-order valence-corrected chi connectivity index (χ0v) is 15.2. The van der Waals surface area contributed by atoms with Gasteiger partial charge in [0.1, 0.15) is 6.10 Å². The summed E-state index contributed by atoms with van der Waals surface area (Å²) in [4.78, 5) is 31.1. The highest BCUT2D eigenvalue weighted by atomic mass is 32.1. The molecule has 0 aromatic carbocycles. The molecule has 1 aliphatic carbocycles. The number of piperidine rings is 1. The van der Waals surface area contributed by atoms with Gasteiger partial charge in [-0.1, -0.05) is 6.07 Å². The summed E-state index contributed by atoms with van der Waals surface area (Å²) in [7, 11) is 0. The number of nitrogens with zero attached hydrogens (tertiary/aromatic N) is 2. The average Bonchev–Trinajstić information content (AvgIpc) is 3.38. The van der Waals surface area contributed by atoms with Crippen molar-refractivity contribution >= 4 is 28.8 Å². The number of ether oxygens (including phenoxy) is 1. The fourth-order valence-electron chi connectivity index (χ4n) is 3.02. The molecule has 136 valence electrons. The number of anilines is 1. The summed E-state index contributed by atoms with van der Waals surface area (Å²) in [6.07, 6.45) is 5.23. The summed E-state index contributed by atoms with van der Waals surface area (Å²) in [6, 6.07) is 7.36. The lowest BCUT2D eigenvalue weighted by Gasteiger charge is -2.31. The highest BCUT2D eigenvalue weighted by Crippen LogP contribution is 2.30. The van der Waals surface area contributed by atoms with Gasteiger partial charge in [0.25, 0.3) is 5.91 Å². The van der Waals surface area contributed by atoms with E-state index in [1.54, 1.807) is 12.3 Å². The van der Waals surface area contributed by atoms with E-state index < -0.39 is 0 Å². The fourth-order valence-corrected chi connectivity index (χ4v) is 3.71. The van der Waals surface area contributed by atoms with Crippen LogP contribution in [0.3, 0.4) is 0 Å². The topological polar surface area (TPSA) is 71.5 Å². The van der Waals surface area contributed by atoms with E-state index in [2.05, 4.69) is 10.3 Å². The first kappa shape index (κ1) is 17.0. The van der Waals surface area contributed by atoms with E-state index in [0.717, 1.165) is 30.6 Å². The molecule has 0 radical (unpaired) electrons. The molecule has 2 aromatic heterocycles. The summed E-state index contributed by atoms with van der Waals surface area (Å²) in [6.45, 7) is 1.38. The van der Waals surface area contributed by atoms with Crippen molar-refractivity contribution in [2.24, 2.45) is 5.92 Å². The van der Waals surface area contributed by atoms with Crippen molar-refractivity contribution in [1.29, 1.82) is 0 Å². The molecule has 1 saturated heterocycles. The third kappa shape index (κ3) is 4.04. The monoisotopic (exact) mass is 371 g/mol. The lowest BCUT2D eigenvalue weighted by atomic mass is 10.1. The van der Waals surface area contributed by atoms with E-state index in [-0.39, 0.29) is 23.8 Å². The minimum atomic E-state index is 0.0572. The molecule has 0 spiro atoms. The number of thiophene rings is 1. The van der Waals surface area contributed by atoms with Crippen LogP contribution in [-0.2, 0) is 4.79 Å². The van der Waals surface area contributed by atoms with Crippen LogP contribution in [0.1, 0.15) is 35.4 Å². The Morgan fingerprint density at radius 3 is 2.58 bits per heavy atom. The van der Waals surface area contributed by atoms with Gasteiger partial charge in [-0.3, -0.25) is 9.59 Å². The number of rotatable bonds is 5. The molecular weight excluding hydrogens is 350 g/mol. The fraction of sp³-hybridized carbons (Fsp3) is 0.421. The van der Waals surface area contributed by atoms with Crippen LogP contribution < -0.4 is 10.1 Å². The Morgan fingerprint density at radius 2 is 1.96 bits per heavy atom. The van der Waals surface area contributed by atoms with Gasteiger partial charge in [-0.15, -0.1) is 11.3 Å². The summed E-state index contributed by atoms with van der Waals surface area (Å²) in [5.74, 6) is 0.904. The number of amides is 2. The van der Waals surface area contributed by atoms with E-state index in [0.29, 0.717) is 24.7 Å². The third-order valence-corrected chi connectivity index (χ3v) is 5.56. The van der Waals surface area contributed by atoms with Gasteiger partial charge >= 0.3 is 0 Å². The molecular formula is C19H21N3O3S. The molecule has 2 amide bonds. The molecule has 7 heteroatoms. The zero-order chi connectivity index (χ0) is 17.9. The van der Waals surface area contributed by atoms with Crippen LogP contribution in [0, 0.1) is 5.92 Å². The number of carbonyl (C=O) groups is 2. The number of hydrogen-bond acceptors (Lipinski definition) is 5. The van der Waals surface area contributed by atoms with Crippen molar-refractivity contribution in [3.8, 4) is 5.88 Å². The van der Waals surface area contributed by atoms with Crippen molar-refractivity contribution in [2.45, 2.75) is 31.8 Å². The number of aromatic nitrogens is 1. The van der Waals surface area contributed by atoms with Crippen LogP contribution in [0.15, 0.2) is 35.8 Å². The maximum absolute atomic E-state index is 12.4. The van der Waals surface area contributed by atoms with E-state index in [9.17, 15) is 9.59 Å². The minimum absolute atomic E-state index is 0.0572. The standard InChI is InChI=1S/C19H21N3O3S/c23-18(13-3-4-13)21-14-5-6-17(20-12-14)25-15-7-9-22(10-8-15)19(24)16-2-1-11-26-16/h1-2,5-6,11-13,15H,3-4,7-10H2,(H,21,23). The maximum atomic E-state index is 12.4. The molecule has 1 N–H and O–H groups in total. The SMILES string of the molecule is O=C(Nc1ccc(OC2CCN(C(=O)c3cccs3)CC2)nc1)C1CC1. The summed E-state index contributed by atoms with van der Waals surface area (Å²) in [5.41, 5.74) is 0.700. The van der Waals surface area contributed by atoms with Gasteiger partial charge in [-0.25, -0.2) is 4.98 Å². The Morgan fingerprint density at radius 1 is 1.15 bits per heavy atom. The molecule has 2 aromatic rings. The molecule has 6 nitrogen and oxygen atoms in total. The van der Waals surface area contributed by atoms with Gasteiger partial charge in [-0.05, 0) is 30.4 Å². The Labute approximate surface area is 156 Å². The first-order valence-corrected chi connectivity index (χ1v) is 9.83. The minimum Gasteiger partial charge on any atom is -0.474 e. The van der Waals surface area contributed by atoms with Crippen LogP contribution in [0.5, 0.6) is 5.88 Å². The van der Waals surface area contributed by atoms with Crippen molar-refractivity contribution < 1.29 is 14.3 Å². The first-order chi connectivity index (χ1) is 12.7. The Balaban J connectivity index is 1.26. The molecule has 2 aliphatic rings. The van der Waals surface area contributed by atoms with E-state index in [1.807, 2.05) is 28.5 Å². The number of likely N-dealkylation sites (tertiary alicyclic amines) is 1. The van der Waals surface area contributed by atoms with Crippen molar-refractivity contribution in [1.82, 2.24) is 9.88 Å². The van der Waals surface area contributed by atoms with Crippen LogP contribution in [-0.4, -0.2) is 40.9 Å². The Hall–Kier alpha value is -2.41. The molecule has 3 heterocycles. The average molecular weight is 371 g/mol. The Kier molecular flexibility index (Phi) is 4.88. The lowest BCUT2D eigenvalue weighted by molar-refractivity contribution is -0.117. The van der Waals surface area contributed by atoms with Gasteiger partial charge in [0.15, 0.2) is 0 Å². The molecule has 4 rings (SSSR count). The van der Waals surface area contributed by atoms with Crippen LogP contribution in [0.2, 0.25) is 0 Å².